The smallest absolute Gasteiger partial charge is 0.248 e. The number of sulfonamides is 2. The van der Waals surface area contributed by atoms with E-state index in [0.29, 0.717) is 12.8 Å². The SMILES string of the molecule is COCCC1(NS(=O)(=O)c2ccccc2)CCN(S(=O)(=O)c2c(C)noc2C)C1. The number of hydrogen-bond donors (Lipinski definition) is 1. The van der Waals surface area contributed by atoms with Crippen molar-refractivity contribution in [1.29, 1.82) is 0 Å². The number of aromatic nitrogens is 1. The van der Waals surface area contributed by atoms with Crippen LogP contribution in [0.25, 0.3) is 0 Å². The van der Waals surface area contributed by atoms with Crippen LogP contribution in [0.3, 0.4) is 0 Å². The van der Waals surface area contributed by atoms with Gasteiger partial charge < -0.3 is 9.26 Å². The lowest BCUT2D eigenvalue weighted by Crippen LogP contribution is -2.51. The molecule has 0 saturated carbocycles. The van der Waals surface area contributed by atoms with Gasteiger partial charge in [0, 0.05) is 26.8 Å². The van der Waals surface area contributed by atoms with E-state index in [1.807, 2.05) is 0 Å². The Balaban J connectivity index is 1.91. The summed E-state index contributed by atoms with van der Waals surface area (Å²) in [7, 11) is -6.18. The maximum Gasteiger partial charge on any atom is 0.248 e. The van der Waals surface area contributed by atoms with Crippen LogP contribution in [0.1, 0.15) is 24.3 Å². The normalized spacial score (nSPS) is 20.9. The molecule has 1 atom stereocenters. The molecule has 11 heteroatoms. The van der Waals surface area contributed by atoms with Crippen molar-refractivity contribution >= 4 is 20.0 Å². The second kappa shape index (κ2) is 8.15. The van der Waals surface area contributed by atoms with Crippen molar-refractivity contribution in [3.63, 3.8) is 0 Å². The highest BCUT2D eigenvalue weighted by Gasteiger charge is 2.46. The Kier molecular flexibility index (Phi) is 6.16. The van der Waals surface area contributed by atoms with Crippen molar-refractivity contribution in [3.8, 4) is 0 Å². The number of aryl methyl sites for hydroxylation is 2. The Hall–Kier alpha value is -1.79. The van der Waals surface area contributed by atoms with E-state index >= 15 is 0 Å². The molecule has 2 heterocycles. The Bertz CT molecular complexity index is 1050. The molecule has 1 aromatic heterocycles. The van der Waals surface area contributed by atoms with Gasteiger partial charge in [0.15, 0.2) is 5.76 Å². The van der Waals surface area contributed by atoms with E-state index in [-0.39, 0.29) is 40.9 Å². The fourth-order valence-electron chi connectivity index (χ4n) is 3.59. The fourth-order valence-corrected chi connectivity index (χ4v) is 6.88. The summed E-state index contributed by atoms with van der Waals surface area (Å²) >= 11 is 0. The van der Waals surface area contributed by atoms with Crippen LogP contribution in [-0.2, 0) is 24.8 Å². The predicted molar refractivity (Wildman–Crippen MR) is 105 cm³/mol. The molecule has 1 aliphatic rings. The van der Waals surface area contributed by atoms with Gasteiger partial charge in [-0.1, -0.05) is 23.4 Å². The monoisotopic (exact) mass is 443 g/mol. The summed E-state index contributed by atoms with van der Waals surface area (Å²) in [5.41, 5.74) is -0.696. The summed E-state index contributed by atoms with van der Waals surface area (Å²) in [6, 6.07) is 8.01. The first-order chi connectivity index (χ1) is 13.6. The molecular weight excluding hydrogens is 418 g/mol. The first-order valence-electron chi connectivity index (χ1n) is 9.12. The van der Waals surface area contributed by atoms with Crippen molar-refractivity contribution in [2.45, 2.75) is 42.0 Å². The number of hydrogen-bond acceptors (Lipinski definition) is 7. The lowest BCUT2D eigenvalue weighted by Gasteiger charge is -2.30. The Labute approximate surface area is 171 Å². The average Bonchev–Trinajstić information content (AvgIpc) is 3.25. The van der Waals surface area contributed by atoms with Crippen molar-refractivity contribution in [3.05, 3.63) is 41.8 Å². The standard InChI is InChI=1S/C18H25N3O6S2/c1-14-17(15(2)27-19-14)29(24,25)21-11-9-18(13-21,10-12-26-3)20-28(22,23)16-7-5-4-6-8-16/h4-8,20H,9-13H2,1-3H3. The van der Waals surface area contributed by atoms with Crippen molar-refractivity contribution in [2.75, 3.05) is 26.8 Å². The molecule has 160 valence electrons. The maximum absolute atomic E-state index is 13.2. The molecule has 1 unspecified atom stereocenters. The Morgan fingerprint density at radius 3 is 2.48 bits per heavy atom. The van der Waals surface area contributed by atoms with E-state index in [2.05, 4.69) is 9.88 Å². The summed E-state index contributed by atoms with van der Waals surface area (Å²) in [6.07, 6.45) is 0.661. The number of nitrogens with zero attached hydrogens (tertiary/aromatic N) is 2. The molecule has 0 radical (unpaired) electrons. The molecule has 3 rings (SSSR count). The summed E-state index contributed by atoms with van der Waals surface area (Å²) in [5.74, 6) is 0.210. The summed E-state index contributed by atoms with van der Waals surface area (Å²) in [4.78, 5) is 0.162. The van der Waals surface area contributed by atoms with E-state index in [1.165, 1.54) is 23.5 Å². The topological polar surface area (TPSA) is 119 Å². The van der Waals surface area contributed by atoms with Gasteiger partial charge in [0.05, 0.1) is 10.4 Å². The summed E-state index contributed by atoms with van der Waals surface area (Å²) < 4.78 is 66.3. The van der Waals surface area contributed by atoms with E-state index < -0.39 is 25.6 Å². The lowest BCUT2D eigenvalue weighted by molar-refractivity contribution is 0.165. The van der Waals surface area contributed by atoms with Crippen LogP contribution in [0.5, 0.6) is 0 Å². The molecule has 2 aromatic rings. The number of benzene rings is 1. The first-order valence-corrected chi connectivity index (χ1v) is 12.0. The zero-order chi connectivity index (χ0) is 21.3. The quantitative estimate of drug-likeness (QED) is 0.656. The summed E-state index contributed by atoms with van der Waals surface area (Å²) in [6.45, 7) is 3.56. The molecule has 0 aliphatic carbocycles. The minimum atomic E-state index is -3.87. The van der Waals surface area contributed by atoms with Crippen LogP contribution < -0.4 is 4.72 Å². The van der Waals surface area contributed by atoms with Crippen LogP contribution in [0.15, 0.2) is 44.6 Å². The average molecular weight is 444 g/mol. The first kappa shape index (κ1) is 21.9. The van der Waals surface area contributed by atoms with E-state index in [4.69, 9.17) is 9.26 Å². The van der Waals surface area contributed by atoms with Crippen LogP contribution in [0.2, 0.25) is 0 Å². The molecular formula is C18H25N3O6S2. The highest BCUT2D eigenvalue weighted by Crippen LogP contribution is 2.33. The number of rotatable bonds is 8. The van der Waals surface area contributed by atoms with Crippen molar-refractivity contribution in [1.82, 2.24) is 14.2 Å². The molecule has 29 heavy (non-hydrogen) atoms. The van der Waals surface area contributed by atoms with Crippen LogP contribution in [0.4, 0.5) is 0 Å². The van der Waals surface area contributed by atoms with E-state index in [9.17, 15) is 16.8 Å². The minimum absolute atomic E-state index is 0.00514. The van der Waals surface area contributed by atoms with Gasteiger partial charge in [-0.25, -0.2) is 21.6 Å². The van der Waals surface area contributed by atoms with Gasteiger partial charge in [-0.05, 0) is 38.8 Å². The molecule has 0 spiro atoms. The van der Waals surface area contributed by atoms with Crippen LogP contribution in [-0.4, -0.2) is 58.6 Å². The third-order valence-electron chi connectivity index (χ3n) is 5.07. The van der Waals surface area contributed by atoms with Crippen molar-refractivity contribution < 1.29 is 26.1 Å². The van der Waals surface area contributed by atoms with E-state index in [1.54, 1.807) is 32.0 Å². The van der Waals surface area contributed by atoms with Gasteiger partial charge in [0.2, 0.25) is 20.0 Å². The highest BCUT2D eigenvalue weighted by molar-refractivity contribution is 7.89. The van der Waals surface area contributed by atoms with Gasteiger partial charge in [0.25, 0.3) is 0 Å². The van der Waals surface area contributed by atoms with Crippen LogP contribution in [0, 0.1) is 13.8 Å². The fraction of sp³-hybridized carbons (Fsp3) is 0.500. The number of nitrogens with one attached hydrogen (secondary N) is 1. The molecule has 0 amide bonds. The van der Waals surface area contributed by atoms with Gasteiger partial charge in [-0.3, -0.25) is 0 Å². The van der Waals surface area contributed by atoms with Crippen LogP contribution >= 0.6 is 0 Å². The largest absolute Gasteiger partial charge is 0.385 e. The lowest BCUT2D eigenvalue weighted by atomic mass is 9.96. The predicted octanol–water partition coefficient (Wildman–Crippen LogP) is 1.44. The molecule has 1 aliphatic heterocycles. The Morgan fingerprint density at radius 1 is 1.21 bits per heavy atom. The molecule has 1 saturated heterocycles. The minimum Gasteiger partial charge on any atom is -0.385 e. The Morgan fingerprint density at radius 2 is 1.90 bits per heavy atom. The van der Waals surface area contributed by atoms with Gasteiger partial charge in [-0.2, -0.15) is 4.31 Å². The number of ether oxygens (including phenoxy) is 1. The second-order valence-corrected chi connectivity index (χ2v) is 10.7. The second-order valence-electron chi connectivity index (χ2n) is 7.18. The third kappa shape index (κ3) is 4.38. The zero-order valence-electron chi connectivity index (χ0n) is 16.6. The maximum atomic E-state index is 13.2. The van der Waals surface area contributed by atoms with E-state index in [0.717, 1.165) is 0 Å². The molecule has 1 aromatic carbocycles. The zero-order valence-corrected chi connectivity index (χ0v) is 18.2. The van der Waals surface area contributed by atoms with Gasteiger partial charge in [-0.15, -0.1) is 0 Å². The highest BCUT2D eigenvalue weighted by atomic mass is 32.2. The summed E-state index contributed by atoms with van der Waals surface area (Å²) in [5, 5.41) is 3.73. The van der Waals surface area contributed by atoms with Crippen molar-refractivity contribution in [2.24, 2.45) is 0 Å². The molecule has 1 N–H and O–H groups in total. The van der Waals surface area contributed by atoms with Gasteiger partial charge in [0.1, 0.15) is 10.6 Å². The molecule has 1 fully saturated rings. The molecule has 9 nitrogen and oxygen atoms in total. The number of methoxy groups -OCH3 is 1. The third-order valence-corrected chi connectivity index (χ3v) is 8.76. The van der Waals surface area contributed by atoms with Gasteiger partial charge >= 0.3 is 0 Å². The molecule has 0 bridgehead atoms.